The minimum atomic E-state index is -0.441. The fourth-order valence-corrected chi connectivity index (χ4v) is 4.42. The lowest BCUT2D eigenvalue weighted by Gasteiger charge is -2.15. The average molecular weight is 498 g/mol. The lowest BCUT2D eigenvalue weighted by atomic mass is 10.1. The zero-order valence-electron chi connectivity index (χ0n) is 20.8. The largest absolute Gasteiger partial charge is 0.333 e. The Balaban J connectivity index is 1.56. The number of hydrogen-bond donors (Lipinski definition) is 1. The highest BCUT2D eigenvalue weighted by atomic mass is 19.1. The molecule has 0 aliphatic rings. The van der Waals surface area contributed by atoms with Gasteiger partial charge in [-0.1, -0.05) is 35.0 Å². The number of anilines is 1. The number of aromatic nitrogens is 4. The summed E-state index contributed by atoms with van der Waals surface area (Å²) in [5, 5.41) is 7.21. The SMILES string of the molecule is Cc1cc(C)c(NC(=O)Cn2cc(-c3nc(-c4cccc(F)c4)no3)c(=O)c3ccc(C)nc32)c(C)c1. The molecule has 37 heavy (non-hydrogen) atoms. The molecule has 1 amide bonds. The Labute approximate surface area is 211 Å². The zero-order valence-corrected chi connectivity index (χ0v) is 20.8. The molecule has 0 spiro atoms. The number of fused-ring (bicyclic) bond motifs is 1. The van der Waals surface area contributed by atoms with Gasteiger partial charge in [0.2, 0.25) is 17.2 Å². The van der Waals surface area contributed by atoms with Gasteiger partial charge in [-0.2, -0.15) is 4.98 Å². The third-order valence-corrected chi connectivity index (χ3v) is 6.06. The van der Waals surface area contributed by atoms with Gasteiger partial charge in [0.05, 0.1) is 5.39 Å². The third-order valence-electron chi connectivity index (χ3n) is 6.06. The Morgan fingerprint density at radius 3 is 2.51 bits per heavy atom. The van der Waals surface area contributed by atoms with Gasteiger partial charge in [-0.05, 0) is 63.1 Å². The Kier molecular flexibility index (Phi) is 6.12. The maximum absolute atomic E-state index is 13.7. The summed E-state index contributed by atoms with van der Waals surface area (Å²) in [5.41, 5.74) is 5.01. The Bertz CT molecular complexity index is 1720. The first-order valence-corrected chi connectivity index (χ1v) is 11.7. The molecule has 0 aliphatic carbocycles. The topological polar surface area (TPSA) is 103 Å². The number of aryl methyl sites for hydroxylation is 4. The van der Waals surface area contributed by atoms with Crippen LogP contribution in [-0.2, 0) is 11.3 Å². The fraction of sp³-hybridized carbons (Fsp3) is 0.179. The number of hydrogen-bond acceptors (Lipinski definition) is 6. The molecule has 186 valence electrons. The second-order valence-electron chi connectivity index (χ2n) is 9.08. The Morgan fingerprint density at radius 2 is 1.78 bits per heavy atom. The summed E-state index contributed by atoms with van der Waals surface area (Å²) >= 11 is 0. The van der Waals surface area contributed by atoms with E-state index in [2.05, 4.69) is 20.4 Å². The van der Waals surface area contributed by atoms with E-state index in [9.17, 15) is 14.0 Å². The van der Waals surface area contributed by atoms with Gasteiger partial charge in [0.1, 0.15) is 23.6 Å². The molecule has 0 atom stereocenters. The van der Waals surface area contributed by atoms with Crippen LogP contribution in [0.25, 0.3) is 33.9 Å². The van der Waals surface area contributed by atoms with Crippen molar-refractivity contribution in [1.29, 1.82) is 0 Å². The lowest BCUT2D eigenvalue weighted by Crippen LogP contribution is -2.23. The monoisotopic (exact) mass is 497 g/mol. The molecule has 1 N–H and O–H groups in total. The number of carbonyl (C=O) groups excluding carboxylic acids is 1. The van der Waals surface area contributed by atoms with Crippen molar-refractivity contribution in [2.75, 3.05) is 5.32 Å². The molecule has 0 bridgehead atoms. The molecule has 0 saturated heterocycles. The highest BCUT2D eigenvalue weighted by molar-refractivity contribution is 5.93. The Hall–Kier alpha value is -4.66. The van der Waals surface area contributed by atoms with Gasteiger partial charge in [0.25, 0.3) is 5.89 Å². The molecular formula is C28H24FN5O3. The molecule has 0 unspecified atom stereocenters. The van der Waals surface area contributed by atoms with Crippen LogP contribution in [0.2, 0.25) is 0 Å². The van der Waals surface area contributed by atoms with E-state index in [1.165, 1.54) is 24.4 Å². The molecule has 0 fully saturated rings. The first-order valence-electron chi connectivity index (χ1n) is 11.7. The lowest BCUT2D eigenvalue weighted by molar-refractivity contribution is -0.116. The van der Waals surface area contributed by atoms with Gasteiger partial charge in [-0.15, -0.1) is 0 Å². The molecule has 9 heteroatoms. The summed E-state index contributed by atoms with van der Waals surface area (Å²) in [4.78, 5) is 35.3. The van der Waals surface area contributed by atoms with Crippen LogP contribution < -0.4 is 10.7 Å². The van der Waals surface area contributed by atoms with Crippen molar-refractivity contribution in [1.82, 2.24) is 19.7 Å². The molecule has 8 nitrogen and oxygen atoms in total. The molecule has 3 aromatic heterocycles. The van der Waals surface area contributed by atoms with E-state index in [0.717, 1.165) is 22.4 Å². The summed E-state index contributed by atoms with van der Waals surface area (Å²) in [6, 6.07) is 13.2. The van der Waals surface area contributed by atoms with E-state index in [1.807, 2.05) is 39.8 Å². The molecule has 5 aromatic rings. The first kappa shape index (κ1) is 24.1. The van der Waals surface area contributed by atoms with Crippen molar-refractivity contribution in [3.05, 3.63) is 93.2 Å². The second-order valence-corrected chi connectivity index (χ2v) is 9.08. The van der Waals surface area contributed by atoms with E-state index in [0.29, 0.717) is 22.3 Å². The summed E-state index contributed by atoms with van der Waals surface area (Å²) < 4.78 is 20.6. The Morgan fingerprint density at radius 1 is 1.03 bits per heavy atom. The van der Waals surface area contributed by atoms with E-state index in [4.69, 9.17) is 4.52 Å². The normalized spacial score (nSPS) is 11.2. The van der Waals surface area contributed by atoms with Crippen LogP contribution in [0.5, 0.6) is 0 Å². The number of nitrogens with one attached hydrogen (secondary N) is 1. The van der Waals surface area contributed by atoms with E-state index in [-0.39, 0.29) is 35.2 Å². The quantitative estimate of drug-likeness (QED) is 0.361. The van der Waals surface area contributed by atoms with Crippen LogP contribution in [0.1, 0.15) is 22.4 Å². The predicted octanol–water partition coefficient (Wildman–Crippen LogP) is 5.12. The maximum atomic E-state index is 13.7. The summed E-state index contributed by atoms with van der Waals surface area (Å²) in [6.07, 6.45) is 1.49. The molecular weight excluding hydrogens is 473 g/mol. The van der Waals surface area contributed by atoms with Crippen molar-refractivity contribution >= 4 is 22.6 Å². The number of carbonyl (C=O) groups is 1. The van der Waals surface area contributed by atoms with Crippen LogP contribution in [-0.4, -0.2) is 25.6 Å². The van der Waals surface area contributed by atoms with Crippen molar-refractivity contribution in [3.63, 3.8) is 0 Å². The maximum Gasteiger partial charge on any atom is 0.263 e. The van der Waals surface area contributed by atoms with E-state index in [1.54, 1.807) is 22.8 Å². The molecule has 0 aliphatic heterocycles. The van der Waals surface area contributed by atoms with Crippen LogP contribution in [0.4, 0.5) is 10.1 Å². The molecule has 0 saturated carbocycles. The smallest absolute Gasteiger partial charge is 0.263 e. The van der Waals surface area contributed by atoms with E-state index >= 15 is 0 Å². The molecule has 5 rings (SSSR count). The van der Waals surface area contributed by atoms with Crippen LogP contribution in [0.3, 0.4) is 0 Å². The number of benzene rings is 2. The van der Waals surface area contributed by atoms with Crippen molar-refractivity contribution < 1.29 is 13.7 Å². The van der Waals surface area contributed by atoms with Gasteiger partial charge in [0.15, 0.2) is 0 Å². The van der Waals surface area contributed by atoms with Crippen LogP contribution in [0.15, 0.2) is 64.0 Å². The molecule has 2 aromatic carbocycles. The van der Waals surface area contributed by atoms with Crippen molar-refractivity contribution in [2.24, 2.45) is 0 Å². The van der Waals surface area contributed by atoms with Crippen LogP contribution in [0, 0.1) is 33.5 Å². The van der Waals surface area contributed by atoms with Gasteiger partial charge in [0, 0.05) is 23.1 Å². The molecule has 3 heterocycles. The molecule has 0 radical (unpaired) electrons. The van der Waals surface area contributed by atoms with Crippen LogP contribution >= 0.6 is 0 Å². The average Bonchev–Trinajstić information content (AvgIpc) is 3.33. The van der Waals surface area contributed by atoms with Gasteiger partial charge in [-0.25, -0.2) is 9.37 Å². The summed E-state index contributed by atoms with van der Waals surface area (Å²) in [6.45, 7) is 7.60. The third kappa shape index (κ3) is 4.75. The number of halogens is 1. The van der Waals surface area contributed by atoms with E-state index < -0.39 is 5.82 Å². The standard InChI is InChI=1S/C28H24FN5O3/c1-15-10-16(2)24(17(3)11-15)31-23(35)14-34-13-22(25(36)21-9-8-18(4)30-27(21)34)28-32-26(33-37-28)19-6-5-7-20(29)12-19/h5-13H,14H2,1-4H3,(H,31,35). The fourth-order valence-electron chi connectivity index (χ4n) is 4.42. The second kappa shape index (κ2) is 9.42. The number of amides is 1. The van der Waals surface area contributed by atoms with Gasteiger partial charge in [-0.3, -0.25) is 9.59 Å². The number of nitrogens with zero attached hydrogens (tertiary/aromatic N) is 4. The van der Waals surface area contributed by atoms with Gasteiger partial charge >= 0.3 is 0 Å². The van der Waals surface area contributed by atoms with Gasteiger partial charge < -0.3 is 14.4 Å². The number of pyridine rings is 2. The minimum Gasteiger partial charge on any atom is -0.333 e. The minimum absolute atomic E-state index is 0.0360. The van der Waals surface area contributed by atoms with Crippen molar-refractivity contribution in [3.8, 4) is 22.8 Å². The predicted molar refractivity (Wildman–Crippen MR) is 139 cm³/mol. The highest BCUT2D eigenvalue weighted by Gasteiger charge is 2.20. The number of rotatable bonds is 5. The zero-order chi connectivity index (χ0) is 26.3. The summed E-state index contributed by atoms with van der Waals surface area (Å²) in [7, 11) is 0. The highest BCUT2D eigenvalue weighted by Crippen LogP contribution is 2.24. The first-order chi connectivity index (χ1) is 17.7. The summed E-state index contributed by atoms with van der Waals surface area (Å²) in [5.74, 6) is -0.611. The van der Waals surface area contributed by atoms with Crippen molar-refractivity contribution in [2.45, 2.75) is 34.2 Å².